The van der Waals surface area contributed by atoms with Gasteiger partial charge in [0.2, 0.25) is 5.91 Å². The Hall–Kier alpha value is -3.61. The minimum Gasteiger partial charge on any atom is -0.508 e. The minimum absolute atomic E-state index is 0.0729. The summed E-state index contributed by atoms with van der Waals surface area (Å²) < 4.78 is 19.2. The van der Waals surface area contributed by atoms with Gasteiger partial charge in [0.1, 0.15) is 17.1 Å². The molecule has 1 aliphatic carbocycles. The zero-order valence-corrected chi connectivity index (χ0v) is 18.5. The van der Waals surface area contributed by atoms with E-state index in [0.717, 1.165) is 52.4 Å². The minimum atomic E-state index is -0.487. The molecular formula is C26H25FN2O4. The number of H-pyrrole nitrogens is 1. The van der Waals surface area contributed by atoms with E-state index in [0.29, 0.717) is 16.7 Å². The zero-order valence-electron chi connectivity index (χ0n) is 18.5. The fourth-order valence-corrected chi connectivity index (χ4v) is 4.95. The number of carbonyl (C=O) groups is 1. The molecule has 1 aliphatic rings. The average Bonchev–Trinajstić information content (AvgIpc) is 3.15. The van der Waals surface area contributed by atoms with Gasteiger partial charge < -0.3 is 19.8 Å². The van der Waals surface area contributed by atoms with Gasteiger partial charge in [-0.3, -0.25) is 4.79 Å². The van der Waals surface area contributed by atoms with Crippen molar-refractivity contribution in [3.05, 3.63) is 74.5 Å². The van der Waals surface area contributed by atoms with Gasteiger partial charge in [-0.1, -0.05) is 0 Å². The van der Waals surface area contributed by atoms with Gasteiger partial charge in [-0.05, 0) is 81.0 Å². The first-order valence-corrected chi connectivity index (χ1v) is 11.2. The second-order valence-electron chi connectivity index (χ2n) is 8.80. The quantitative estimate of drug-likeness (QED) is 0.389. The van der Waals surface area contributed by atoms with Crippen molar-refractivity contribution in [2.75, 3.05) is 0 Å². The largest absolute Gasteiger partial charge is 0.508 e. The number of halogens is 1. The molecule has 1 atom stereocenters. The van der Waals surface area contributed by atoms with Crippen molar-refractivity contribution in [2.45, 2.75) is 52.0 Å². The van der Waals surface area contributed by atoms with Crippen LogP contribution in [-0.2, 0) is 17.6 Å². The van der Waals surface area contributed by atoms with Crippen LogP contribution in [0.5, 0.6) is 5.75 Å². The Bertz CT molecular complexity index is 1470. The van der Waals surface area contributed by atoms with Crippen molar-refractivity contribution in [3.8, 4) is 5.75 Å². The highest BCUT2D eigenvalue weighted by atomic mass is 19.1. The van der Waals surface area contributed by atoms with Crippen molar-refractivity contribution in [2.24, 2.45) is 0 Å². The number of aromatic amines is 1. The van der Waals surface area contributed by atoms with Gasteiger partial charge in [0.25, 0.3) is 0 Å². The summed E-state index contributed by atoms with van der Waals surface area (Å²) in [6.45, 7) is 3.53. The Kier molecular flexibility index (Phi) is 5.19. The first-order valence-electron chi connectivity index (χ1n) is 11.2. The summed E-state index contributed by atoms with van der Waals surface area (Å²) in [6.07, 6.45) is 2.95. The number of hydrogen-bond acceptors (Lipinski definition) is 4. The molecule has 3 N–H and O–H groups in total. The van der Waals surface area contributed by atoms with Crippen LogP contribution in [0.15, 0.2) is 39.5 Å². The summed E-state index contributed by atoms with van der Waals surface area (Å²) in [4.78, 5) is 28.7. The Labute approximate surface area is 189 Å². The Morgan fingerprint density at radius 2 is 2.03 bits per heavy atom. The predicted octanol–water partition coefficient (Wildman–Crippen LogP) is 4.86. The number of hydrogen-bond donors (Lipinski definition) is 3. The number of aromatic nitrogens is 1. The zero-order chi connectivity index (χ0) is 23.3. The summed E-state index contributed by atoms with van der Waals surface area (Å²) in [5.74, 6) is -0.354. The van der Waals surface area contributed by atoms with Crippen LogP contribution >= 0.6 is 0 Å². The van der Waals surface area contributed by atoms with Gasteiger partial charge >= 0.3 is 5.63 Å². The lowest BCUT2D eigenvalue weighted by Gasteiger charge is -2.24. The number of phenolic OH excluding ortho intramolecular Hbond substituents is 1. The number of nitrogens with one attached hydrogen (secondary N) is 2. The maximum atomic E-state index is 13.7. The lowest BCUT2D eigenvalue weighted by atomic mass is 9.91. The van der Waals surface area contributed by atoms with Crippen molar-refractivity contribution in [1.29, 1.82) is 0 Å². The van der Waals surface area contributed by atoms with E-state index in [1.165, 1.54) is 12.1 Å². The number of fused-ring (bicyclic) bond motifs is 4. The van der Waals surface area contributed by atoms with Crippen LogP contribution in [0.25, 0.3) is 21.9 Å². The van der Waals surface area contributed by atoms with Gasteiger partial charge in [0.15, 0.2) is 0 Å². The van der Waals surface area contributed by atoms with E-state index in [4.69, 9.17) is 4.42 Å². The van der Waals surface area contributed by atoms with Crippen LogP contribution in [0.1, 0.15) is 53.3 Å². The van der Waals surface area contributed by atoms with E-state index < -0.39 is 5.63 Å². The third-order valence-corrected chi connectivity index (χ3v) is 6.78. The number of benzene rings is 2. The van der Waals surface area contributed by atoms with Crippen molar-refractivity contribution in [3.63, 3.8) is 0 Å². The summed E-state index contributed by atoms with van der Waals surface area (Å²) in [5.41, 5.74) is 4.49. The first-order chi connectivity index (χ1) is 15.8. The third kappa shape index (κ3) is 3.67. The molecule has 170 valence electrons. The monoisotopic (exact) mass is 448 g/mol. The fourth-order valence-electron chi connectivity index (χ4n) is 4.95. The molecule has 5 rings (SSSR count). The number of phenols is 1. The number of aryl methyl sites for hydroxylation is 3. The maximum absolute atomic E-state index is 13.7. The SMILES string of the molecule is Cc1c(CCC(=O)N[C@H]2CCCc3c2[nH]c2ccc(F)cc32)c(=O)oc2c(C)c(O)ccc12. The van der Waals surface area contributed by atoms with Crippen LogP contribution in [-0.4, -0.2) is 16.0 Å². The van der Waals surface area contributed by atoms with Crippen LogP contribution in [0.3, 0.4) is 0 Å². The molecule has 0 bridgehead atoms. The second kappa shape index (κ2) is 8.06. The van der Waals surface area contributed by atoms with E-state index >= 15 is 0 Å². The highest BCUT2D eigenvalue weighted by Gasteiger charge is 2.26. The molecule has 4 aromatic rings. The second-order valence-corrected chi connectivity index (χ2v) is 8.80. The summed E-state index contributed by atoms with van der Waals surface area (Å²) in [7, 11) is 0. The van der Waals surface area contributed by atoms with Crippen molar-refractivity contribution in [1.82, 2.24) is 10.3 Å². The van der Waals surface area contributed by atoms with Crippen LogP contribution in [0, 0.1) is 19.7 Å². The molecule has 0 radical (unpaired) electrons. The molecular weight excluding hydrogens is 423 g/mol. The number of carbonyl (C=O) groups excluding carboxylic acids is 1. The molecule has 33 heavy (non-hydrogen) atoms. The predicted molar refractivity (Wildman–Crippen MR) is 124 cm³/mol. The van der Waals surface area contributed by atoms with E-state index in [2.05, 4.69) is 10.3 Å². The van der Waals surface area contributed by atoms with E-state index in [1.807, 2.05) is 6.92 Å². The molecule has 0 saturated carbocycles. The van der Waals surface area contributed by atoms with Crippen molar-refractivity contribution < 1.29 is 18.7 Å². The summed E-state index contributed by atoms with van der Waals surface area (Å²) >= 11 is 0. The molecule has 2 aromatic heterocycles. The van der Waals surface area contributed by atoms with E-state index in [1.54, 1.807) is 25.1 Å². The lowest BCUT2D eigenvalue weighted by molar-refractivity contribution is -0.121. The van der Waals surface area contributed by atoms with Crippen LogP contribution < -0.4 is 10.9 Å². The molecule has 6 nitrogen and oxygen atoms in total. The Balaban J connectivity index is 1.35. The maximum Gasteiger partial charge on any atom is 0.339 e. The third-order valence-electron chi connectivity index (χ3n) is 6.78. The standard InChI is InChI=1S/C26H25FN2O4/c1-13-16-7-10-22(30)14(2)25(16)33-26(32)17(13)8-11-23(31)28-21-5-3-4-18-19-12-15(27)6-9-20(19)29-24(18)21/h6-7,9-10,12,21,29-30H,3-5,8,11H2,1-2H3,(H,28,31)/t21-/m0/s1. The highest BCUT2D eigenvalue weighted by molar-refractivity contribution is 5.87. The Morgan fingerprint density at radius 1 is 1.21 bits per heavy atom. The summed E-state index contributed by atoms with van der Waals surface area (Å²) in [5, 5.41) is 14.6. The van der Waals surface area contributed by atoms with Gasteiger partial charge in [-0.2, -0.15) is 0 Å². The van der Waals surface area contributed by atoms with Gasteiger partial charge in [0.05, 0.1) is 6.04 Å². The van der Waals surface area contributed by atoms with Crippen molar-refractivity contribution >= 4 is 27.8 Å². The number of rotatable bonds is 4. The normalized spacial score (nSPS) is 15.7. The van der Waals surface area contributed by atoms with E-state index in [-0.39, 0.29) is 36.4 Å². The van der Waals surface area contributed by atoms with Gasteiger partial charge in [0, 0.05) is 39.5 Å². The molecule has 2 aromatic carbocycles. The molecule has 0 fully saturated rings. The molecule has 1 amide bonds. The Morgan fingerprint density at radius 3 is 2.85 bits per heavy atom. The average molecular weight is 448 g/mol. The van der Waals surface area contributed by atoms with Crippen LogP contribution in [0.2, 0.25) is 0 Å². The highest BCUT2D eigenvalue weighted by Crippen LogP contribution is 2.35. The topological polar surface area (TPSA) is 95.3 Å². The van der Waals surface area contributed by atoms with Gasteiger partial charge in [-0.25, -0.2) is 9.18 Å². The molecule has 2 heterocycles. The molecule has 7 heteroatoms. The number of aromatic hydroxyl groups is 1. The smallest absolute Gasteiger partial charge is 0.339 e. The lowest BCUT2D eigenvalue weighted by Crippen LogP contribution is -2.31. The first kappa shape index (κ1) is 21.2. The molecule has 0 spiro atoms. The molecule has 0 unspecified atom stereocenters. The molecule has 0 aliphatic heterocycles. The van der Waals surface area contributed by atoms with E-state index in [9.17, 15) is 19.1 Å². The fraction of sp³-hybridized carbons (Fsp3) is 0.308. The van der Waals surface area contributed by atoms with Crippen LogP contribution in [0.4, 0.5) is 4.39 Å². The van der Waals surface area contributed by atoms with Gasteiger partial charge in [-0.15, -0.1) is 0 Å². The summed E-state index contributed by atoms with van der Waals surface area (Å²) in [6, 6.07) is 7.83. The number of amides is 1. The molecule has 0 saturated heterocycles.